The van der Waals surface area contributed by atoms with Gasteiger partial charge in [-0.05, 0) is 11.8 Å². The Morgan fingerprint density at radius 3 is 3.08 bits per heavy atom. The first kappa shape index (κ1) is 8.81. The van der Waals surface area contributed by atoms with Crippen molar-refractivity contribution in [3.63, 3.8) is 0 Å². The van der Waals surface area contributed by atoms with Crippen molar-refractivity contribution in [2.75, 3.05) is 5.32 Å². The molecule has 4 nitrogen and oxygen atoms in total. The highest BCUT2D eigenvalue weighted by Gasteiger charge is 2.01. The summed E-state index contributed by atoms with van der Waals surface area (Å²) < 4.78 is 4.72. The maximum atomic E-state index is 10.8. The second kappa shape index (κ2) is 3.93. The van der Waals surface area contributed by atoms with E-state index in [-0.39, 0.29) is 0 Å². The van der Waals surface area contributed by atoms with E-state index in [1.165, 1.54) is 0 Å². The second-order valence-electron chi connectivity index (χ2n) is 2.00. The Morgan fingerprint density at radius 1 is 1.83 bits per heavy atom. The number of nitrogens with one attached hydrogen (secondary N) is 1. The zero-order chi connectivity index (χ0) is 8.97. The van der Waals surface area contributed by atoms with Crippen LogP contribution in [0.25, 0.3) is 0 Å². The van der Waals surface area contributed by atoms with Crippen LogP contribution in [0.5, 0.6) is 0 Å². The van der Waals surface area contributed by atoms with Crippen LogP contribution in [0, 0.1) is 17.7 Å². The molecule has 0 radical (unpaired) electrons. The van der Waals surface area contributed by atoms with Gasteiger partial charge in [0.1, 0.15) is 5.76 Å². The lowest BCUT2D eigenvalue weighted by atomic mass is 10.5. The Bertz CT molecular complexity index is 348. The zero-order valence-electron chi connectivity index (χ0n) is 6.22. The normalized spacial score (nSPS) is 8.50. The van der Waals surface area contributed by atoms with E-state index >= 15 is 0 Å². The van der Waals surface area contributed by atoms with Gasteiger partial charge in [-0.25, -0.2) is 0 Å². The van der Waals surface area contributed by atoms with E-state index in [1.54, 1.807) is 13.0 Å². The number of nitrogens with zero attached hydrogens (tertiary/aromatic N) is 1. The van der Waals surface area contributed by atoms with Crippen LogP contribution in [0.2, 0.25) is 0 Å². The molecular weight excluding hydrogens is 224 g/mol. The van der Waals surface area contributed by atoms with Gasteiger partial charge in [-0.1, -0.05) is 5.16 Å². The lowest BCUT2D eigenvalue weighted by Gasteiger charge is -1.89. The molecule has 1 rings (SSSR count). The summed E-state index contributed by atoms with van der Waals surface area (Å²) in [6, 6.07) is 1.60. The lowest BCUT2D eigenvalue weighted by Crippen LogP contribution is -2.08. The first-order valence-electron chi connectivity index (χ1n) is 3.08. The summed E-state index contributed by atoms with van der Waals surface area (Å²) in [6.07, 6.45) is 0. The van der Waals surface area contributed by atoms with Crippen LogP contribution in [0.15, 0.2) is 10.6 Å². The third-order valence-corrected chi connectivity index (χ3v) is 1.23. The summed E-state index contributed by atoms with van der Waals surface area (Å²) in [6.45, 7) is 1.73. The van der Waals surface area contributed by atoms with E-state index in [9.17, 15) is 4.79 Å². The number of rotatable bonds is 1. The molecule has 0 aliphatic carbocycles. The molecule has 12 heavy (non-hydrogen) atoms. The van der Waals surface area contributed by atoms with Crippen molar-refractivity contribution in [1.82, 2.24) is 5.16 Å². The largest absolute Gasteiger partial charge is 0.360 e. The van der Waals surface area contributed by atoms with Crippen molar-refractivity contribution in [3.8, 4) is 10.8 Å². The standard InChI is InChI=1S/C7H5BrN2O2/c1-5-4-6(10-12-5)9-7(11)2-3-8/h4H,1H3,(H,9,10,11). The zero-order valence-corrected chi connectivity index (χ0v) is 7.81. The van der Waals surface area contributed by atoms with Crippen LogP contribution in [-0.4, -0.2) is 11.1 Å². The topological polar surface area (TPSA) is 55.1 Å². The van der Waals surface area contributed by atoms with Gasteiger partial charge in [0.15, 0.2) is 5.82 Å². The monoisotopic (exact) mass is 228 g/mol. The summed E-state index contributed by atoms with van der Waals surface area (Å²) >= 11 is 2.80. The molecule has 0 atom stereocenters. The van der Waals surface area contributed by atoms with Crippen molar-refractivity contribution < 1.29 is 9.32 Å². The highest BCUT2D eigenvalue weighted by molar-refractivity contribution is 9.12. The fourth-order valence-corrected chi connectivity index (χ4v) is 0.796. The molecular formula is C7H5BrN2O2. The second-order valence-corrected chi connectivity index (χ2v) is 2.39. The van der Waals surface area contributed by atoms with Crippen molar-refractivity contribution in [3.05, 3.63) is 11.8 Å². The molecule has 1 amide bonds. The van der Waals surface area contributed by atoms with E-state index in [0.717, 1.165) is 0 Å². The van der Waals surface area contributed by atoms with E-state index < -0.39 is 5.91 Å². The number of carbonyl (C=O) groups is 1. The van der Waals surface area contributed by atoms with Gasteiger partial charge < -0.3 is 4.52 Å². The summed E-state index contributed by atoms with van der Waals surface area (Å²) in [4.78, 5) is 13.1. The number of hydrogen-bond donors (Lipinski definition) is 1. The number of carbonyl (C=O) groups excluding carboxylic acids is 1. The quantitative estimate of drug-likeness (QED) is 0.738. The fourth-order valence-electron chi connectivity index (χ4n) is 0.616. The first-order valence-corrected chi connectivity index (χ1v) is 3.87. The maximum Gasteiger partial charge on any atom is 0.302 e. The Balaban J connectivity index is 2.62. The van der Waals surface area contributed by atoms with E-state index in [4.69, 9.17) is 4.52 Å². The van der Waals surface area contributed by atoms with Gasteiger partial charge in [-0.15, -0.1) is 0 Å². The molecule has 0 fully saturated rings. The Kier molecular flexibility index (Phi) is 2.88. The van der Waals surface area contributed by atoms with Crippen molar-refractivity contribution >= 4 is 27.7 Å². The summed E-state index contributed by atoms with van der Waals surface area (Å²) in [5.41, 5.74) is 0. The number of anilines is 1. The number of hydrogen-bond acceptors (Lipinski definition) is 3. The number of halogens is 1. The Hall–Kier alpha value is -1.28. The van der Waals surface area contributed by atoms with Gasteiger partial charge in [0.25, 0.3) is 0 Å². The van der Waals surface area contributed by atoms with Crippen molar-refractivity contribution in [1.29, 1.82) is 0 Å². The van der Waals surface area contributed by atoms with Gasteiger partial charge in [0, 0.05) is 27.9 Å². The van der Waals surface area contributed by atoms with Crippen LogP contribution in [0.1, 0.15) is 5.76 Å². The highest BCUT2D eigenvalue weighted by Crippen LogP contribution is 2.05. The molecule has 0 aliphatic heterocycles. The summed E-state index contributed by atoms with van der Waals surface area (Å²) in [5.74, 6) is 2.81. The molecule has 1 N–H and O–H groups in total. The van der Waals surface area contributed by atoms with E-state index in [0.29, 0.717) is 11.6 Å². The minimum absolute atomic E-state index is 0.368. The Morgan fingerprint density at radius 2 is 2.58 bits per heavy atom. The molecule has 0 spiro atoms. The molecule has 0 unspecified atom stereocenters. The summed E-state index contributed by atoms with van der Waals surface area (Å²) in [5, 5.41) is 5.96. The minimum Gasteiger partial charge on any atom is -0.360 e. The van der Waals surface area contributed by atoms with E-state index in [1.807, 2.05) is 0 Å². The predicted octanol–water partition coefficient (Wildman–Crippen LogP) is 1.28. The number of aromatic nitrogens is 1. The van der Waals surface area contributed by atoms with Crippen LogP contribution in [-0.2, 0) is 4.79 Å². The SMILES string of the molecule is Cc1cc(NC(=O)C#CBr)no1. The van der Waals surface area contributed by atoms with Crippen LogP contribution >= 0.6 is 15.9 Å². The van der Waals surface area contributed by atoms with Gasteiger partial charge in [0.05, 0.1) is 0 Å². The average Bonchev–Trinajstić information content (AvgIpc) is 2.36. The predicted molar refractivity (Wildman–Crippen MR) is 46.6 cm³/mol. The Labute approximate surface area is 77.4 Å². The molecule has 0 aromatic carbocycles. The lowest BCUT2D eigenvalue weighted by molar-refractivity contribution is -0.111. The fraction of sp³-hybridized carbons (Fsp3) is 0.143. The average molecular weight is 229 g/mol. The molecule has 62 valence electrons. The van der Waals surface area contributed by atoms with Crippen LogP contribution < -0.4 is 5.32 Å². The minimum atomic E-state index is -0.430. The molecule has 0 bridgehead atoms. The van der Waals surface area contributed by atoms with Crippen LogP contribution in [0.3, 0.4) is 0 Å². The van der Waals surface area contributed by atoms with Crippen molar-refractivity contribution in [2.24, 2.45) is 0 Å². The maximum absolute atomic E-state index is 10.8. The van der Waals surface area contributed by atoms with Gasteiger partial charge in [-0.2, -0.15) is 0 Å². The smallest absolute Gasteiger partial charge is 0.302 e. The molecule has 1 heterocycles. The van der Waals surface area contributed by atoms with E-state index in [2.05, 4.69) is 37.2 Å². The molecule has 0 saturated carbocycles. The molecule has 1 aromatic rings. The van der Waals surface area contributed by atoms with Gasteiger partial charge >= 0.3 is 5.91 Å². The van der Waals surface area contributed by atoms with Gasteiger partial charge in [0.2, 0.25) is 0 Å². The summed E-state index contributed by atoms with van der Waals surface area (Å²) in [7, 11) is 0. The third kappa shape index (κ3) is 2.40. The van der Waals surface area contributed by atoms with Crippen molar-refractivity contribution in [2.45, 2.75) is 6.92 Å². The van der Waals surface area contributed by atoms with Crippen LogP contribution in [0.4, 0.5) is 5.82 Å². The first-order chi connectivity index (χ1) is 5.72. The number of aryl methyl sites for hydroxylation is 1. The molecule has 0 aliphatic rings. The molecule has 1 aromatic heterocycles. The third-order valence-electron chi connectivity index (χ3n) is 1.03. The molecule has 0 saturated heterocycles. The molecule has 5 heteroatoms. The number of amides is 1. The highest BCUT2D eigenvalue weighted by atomic mass is 79.9. The van der Waals surface area contributed by atoms with Gasteiger partial charge in [-0.3, -0.25) is 10.1 Å².